The van der Waals surface area contributed by atoms with Crippen molar-refractivity contribution in [3.8, 4) is 6.07 Å². The molecule has 3 aliphatic rings. The lowest BCUT2D eigenvalue weighted by Gasteiger charge is -2.33. The van der Waals surface area contributed by atoms with Crippen LogP contribution in [0.1, 0.15) is 12.0 Å². The van der Waals surface area contributed by atoms with Gasteiger partial charge in [0, 0.05) is 45.0 Å². The van der Waals surface area contributed by atoms with Crippen LogP contribution in [0.3, 0.4) is 0 Å². The molecule has 0 spiro atoms. The van der Waals surface area contributed by atoms with Gasteiger partial charge >= 0.3 is 0 Å². The second-order valence-electron chi connectivity index (χ2n) is 6.67. The molecule has 0 aromatic carbocycles. The molecule has 8 nitrogen and oxygen atoms in total. The van der Waals surface area contributed by atoms with E-state index < -0.39 is 10.2 Å². The van der Waals surface area contributed by atoms with Crippen LogP contribution in [-0.4, -0.2) is 74.0 Å². The minimum Gasteiger partial charge on any atom is -0.379 e. The third-order valence-electron chi connectivity index (χ3n) is 5.29. The monoisotopic (exact) mass is 363 g/mol. The van der Waals surface area contributed by atoms with Crippen molar-refractivity contribution >= 4 is 16.0 Å². The van der Waals surface area contributed by atoms with E-state index in [0.717, 1.165) is 18.8 Å². The van der Waals surface area contributed by atoms with Gasteiger partial charge in [0.2, 0.25) is 0 Å². The molecule has 0 saturated carbocycles. The lowest BCUT2D eigenvalue weighted by molar-refractivity contribution is 0.0699. The van der Waals surface area contributed by atoms with E-state index in [9.17, 15) is 8.42 Å². The highest BCUT2D eigenvalue weighted by atomic mass is 32.2. The number of fused-ring (bicyclic) bond motifs is 1. The van der Waals surface area contributed by atoms with Crippen LogP contribution < -0.4 is 4.90 Å². The van der Waals surface area contributed by atoms with Gasteiger partial charge in [-0.15, -0.1) is 0 Å². The summed E-state index contributed by atoms with van der Waals surface area (Å²) in [6.07, 6.45) is 2.44. The predicted octanol–water partition coefficient (Wildman–Crippen LogP) is 0.0408. The van der Waals surface area contributed by atoms with Gasteiger partial charge in [0.1, 0.15) is 11.9 Å². The summed E-state index contributed by atoms with van der Waals surface area (Å²) in [5, 5.41) is 8.88. The highest BCUT2D eigenvalue weighted by molar-refractivity contribution is 7.86. The number of nitrogens with zero attached hydrogens (tertiary/aromatic N) is 5. The maximum atomic E-state index is 13.0. The molecule has 25 heavy (non-hydrogen) atoms. The minimum atomic E-state index is -3.44. The zero-order valence-corrected chi connectivity index (χ0v) is 14.7. The van der Waals surface area contributed by atoms with Crippen LogP contribution in [-0.2, 0) is 14.9 Å². The molecule has 134 valence electrons. The van der Waals surface area contributed by atoms with Gasteiger partial charge in [-0.05, 0) is 24.5 Å². The van der Waals surface area contributed by atoms with Crippen LogP contribution in [0.5, 0.6) is 0 Å². The van der Waals surface area contributed by atoms with Crippen LogP contribution in [0.25, 0.3) is 0 Å². The van der Waals surface area contributed by atoms with Crippen molar-refractivity contribution < 1.29 is 13.2 Å². The number of aromatic nitrogens is 1. The van der Waals surface area contributed by atoms with E-state index in [-0.39, 0.29) is 6.04 Å². The first-order chi connectivity index (χ1) is 12.1. The number of pyridine rings is 1. The molecule has 0 radical (unpaired) electrons. The van der Waals surface area contributed by atoms with Crippen LogP contribution in [0.15, 0.2) is 18.3 Å². The Balaban J connectivity index is 1.50. The Labute approximate surface area is 147 Å². The fourth-order valence-electron chi connectivity index (χ4n) is 3.96. The molecule has 4 rings (SSSR count). The summed E-state index contributed by atoms with van der Waals surface area (Å²) in [4.78, 5) is 6.47. The third kappa shape index (κ3) is 3.00. The Kier molecular flexibility index (Phi) is 4.37. The van der Waals surface area contributed by atoms with Gasteiger partial charge in [-0.1, -0.05) is 0 Å². The summed E-state index contributed by atoms with van der Waals surface area (Å²) in [6, 6.07) is 5.64. The largest absolute Gasteiger partial charge is 0.379 e. The van der Waals surface area contributed by atoms with Crippen LogP contribution in [0, 0.1) is 17.2 Å². The molecule has 4 heterocycles. The molecule has 0 aliphatic carbocycles. The molecule has 9 heteroatoms. The van der Waals surface area contributed by atoms with Gasteiger partial charge in [-0.25, -0.2) is 4.98 Å². The quantitative estimate of drug-likeness (QED) is 0.753. The van der Waals surface area contributed by atoms with Gasteiger partial charge in [0.05, 0.1) is 18.8 Å². The first kappa shape index (κ1) is 16.7. The highest BCUT2D eigenvalue weighted by Crippen LogP contribution is 2.36. The molecule has 3 aliphatic heterocycles. The van der Waals surface area contributed by atoms with Gasteiger partial charge in [0.15, 0.2) is 0 Å². The number of hydrogen-bond donors (Lipinski definition) is 0. The first-order valence-electron chi connectivity index (χ1n) is 8.55. The zero-order valence-electron chi connectivity index (χ0n) is 13.9. The number of rotatable bonds is 3. The van der Waals surface area contributed by atoms with E-state index in [2.05, 4.69) is 16.0 Å². The molecule has 0 amide bonds. The fraction of sp³-hybridized carbons (Fsp3) is 0.625. The maximum absolute atomic E-state index is 13.0. The van der Waals surface area contributed by atoms with Gasteiger partial charge in [-0.3, -0.25) is 0 Å². The Bertz CT molecular complexity index is 770. The minimum absolute atomic E-state index is 0.00899. The molecule has 2 atom stereocenters. The van der Waals surface area contributed by atoms with Gasteiger partial charge in [-0.2, -0.15) is 22.3 Å². The fourth-order valence-corrected chi connectivity index (χ4v) is 5.79. The van der Waals surface area contributed by atoms with Crippen molar-refractivity contribution in [1.82, 2.24) is 13.6 Å². The Morgan fingerprint density at radius 3 is 2.68 bits per heavy atom. The van der Waals surface area contributed by atoms with E-state index in [4.69, 9.17) is 10.00 Å². The first-order valence-corrected chi connectivity index (χ1v) is 9.95. The topological polar surface area (TPSA) is 89.8 Å². The molecule has 2 unspecified atom stereocenters. The van der Waals surface area contributed by atoms with E-state index in [1.54, 1.807) is 20.9 Å². The second kappa shape index (κ2) is 6.53. The summed E-state index contributed by atoms with van der Waals surface area (Å²) >= 11 is 0. The SMILES string of the molecule is N#Cc1ccc(N2CC3CCN(S(=O)(=O)N4CCOCC4)C3C2)nc1. The maximum Gasteiger partial charge on any atom is 0.282 e. The standard InChI is InChI=1S/C16H21N5O3S/c17-9-13-1-2-16(18-10-13)19-11-14-3-4-21(15(14)12-19)25(22,23)20-5-7-24-8-6-20/h1-2,10,14-15H,3-8,11-12H2. The molecule has 1 aromatic heterocycles. The van der Waals surface area contributed by atoms with E-state index in [0.29, 0.717) is 50.9 Å². The Morgan fingerprint density at radius 1 is 1.20 bits per heavy atom. The molecule has 3 fully saturated rings. The van der Waals surface area contributed by atoms with Crippen molar-refractivity contribution in [3.05, 3.63) is 23.9 Å². The Hall–Kier alpha value is -1.73. The number of hydrogen-bond acceptors (Lipinski definition) is 6. The smallest absolute Gasteiger partial charge is 0.282 e. The van der Waals surface area contributed by atoms with Gasteiger partial charge < -0.3 is 9.64 Å². The van der Waals surface area contributed by atoms with Crippen LogP contribution >= 0.6 is 0 Å². The lowest BCUT2D eigenvalue weighted by atomic mass is 10.1. The number of nitriles is 1. The summed E-state index contributed by atoms with van der Waals surface area (Å²) in [6.45, 7) is 3.81. The third-order valence-corrected chi connectivity index (χ3v) is 7.35. The number of anilines is 1. The average Bonchev–Trinajstić information content (AvgIpc) is 3.23. The number of ether oxygens (including phenoxy) is 1. The van der Waals surface area contributed by atoms with Crippen LogP contribution in [0.4, 0.5) is 5.82 Å². The highest BCUT2D eigenvalue weighted by Gasteiger charge is 2.48. The summed E-state index contributed by atoms with van der Waals surface area (Å²) in [7, 11) is -3.44. The van der Waals surface area contributed by atoms with Crippen molar-refractivity contribution in [3.63, 3.8) is 0 Å². The normalized spacial score (nSPS) is 28.0. The lowest BCUT2D eigenvalue weighted by Crippen LogP contribution is -2.51. The van der Waals surface area contributed by atoms with Crippen molar-refractivity contribution in [2.45, 2.75) is 12.5 Å². The van der Waals surface area contributed by atoms with E-state index in [1.807, 2.05) is 6.07 Å². The summed E-state index contributed by atoms with van der Waals surface area (Å²) in [5.74, 6) is 1.13. The van der Waals surface area contributed by atoms with Crippen molar-refractivity contribution in [2.24, 2.45) is 5.92 Å². The summed E-state index contributed by atoms with van der Waals surface area (Å²) in [5.41, 5.74) is 0.527. The molecular weight excluding hydrogens is 342 g/mol. The molecular formula is C16H21N5O3S. The Morgan fingerprint density at radius 2 is 2.00 bits per heavy atom. The molecule has 0 N–H and O–H groups in total. The molecule has 0 bridgehead atoms. The zero-order chi connectivity index (χ0) is 17.4. The average molecular weight is 363 g/mol. The summed E-state index contributed by atoms with van der Waals surface area (Å²) < 4.78 is 34.5. The van der Waals surface area contributed by atoms with Crippen molar-refractivity contribution in [2.75, 3.05) is 50.8 Å². The van der Waals surface area contributed by atoms with Gasteiger partial charge in [0.25, 0.3) is 10.2 Å². The molecule has 1 aromatic rings. The van der Waals surface area contributed by atoms with E-state index in [1.165, 1.54) is 0 Å². The molecule has 3 saturated heterocycles. The van der Waals surface area contributed by atoms with Crippen LogP contribution in [0.2, 0.25) is 0 Å². The van der Waals surface area contributed by atoms with E-state index >= 15 is 0 Å². The van der Waals surface area contributed by atoms with Crippen molar-refractivity contribution in [1.29, 1.82) is 5.26 Å². The predicted molar refractivity (Wildman–Crippen MR) is 91.1 cm³/mol. The second-order valence-corrected chi connectivity index (χ2v) is 8.55. The number of morpholine rings is 1.